The Kier molecular flexibility index (Phi) is 8.54. The fourth-order valence-corrected chi connectivity index (χ4v) is 5.00. The van der Waals surface area contributed by atoms with Gasteiger partial charge in [0.2, 0.25) is 0 Å². The molecule has 4 rings (SSSR count). The fraction of sp³-hybridized carbons (Fsp3) is 0.519. The molecule has 2 aromatic rings. The van der Waals surface area contributed by atoms with Crippen molar-refractivity contribution >= 4 is 17.6 Å². The lowest BCUT2D eigenvalue weighted by Gasteiger charge is -2.38. The van der Waals surface area contributed by atoms with Crippen molar-refractivity contribution in [3.63, 3.8) is 0 Å². The minimum Gasteiger partial charge on any atom is -0.481 e. The van der Waals surface area contributed by atoms with E-state index in [1.165, 1.54) is 18.4 Å². The first-order chi connectivity index (χ1) is 15.6. The Balaban J connectivity index is 0.000000205. The molecule has 1 saturated heterocycles. The molecule has 0 saturated carbocycles. The minimum absolute atomic E-state index is 0.0967. The zero-order valence-corrected chi connectivity index (χ0v) is 20.7. The highest BCUT2D eigenvalue weighted by Gasteiger charge is 2.37. The zero-order chi connectivity index (χ0) is 24.2. The van der Waals surface area contributed by atoms with Crippen LogP contribution >= 0.6 is 11.6 Å². The highest BCUT2D eigenvalue weighted by Crippen LogP contribution is 2.39. The van der Waals surface area contributed by atoms with Crippen LogP contribution in [0.5, 0.6) is 0 Å². The van der Waals surface area contributed by atoms with Crippen molar-refractivity contribution in [2.75, 3.05) is 6.61 Å². The Morgan fingerprint density at radius 2 is 2.06 bits per heavy atom. The van der Waals surface area contributed by atoms with Crippen molar-refractivity contribution in [2.45, 2.75) is 77.5 Å². The molecule has 4 nitrogen and oxygen atoms in total. The van der Waals surface area contributed by atoms with Crippen LogP contribution in [0.4, 0.5) is 4.39 Å². The number of carboxylic acid groups (broad SMARTS) is 1. The van der Waals surface area contributed by atoms with Crippen molar-refractivity contribution in [2.24, 2.45) is 5.92 Å². The van der Waals surface area contributed by atoms with E-state index in [2.05, 4.69) is 19.2 Å². The van der Waals surface area contributed by atoms with E-state index in [-0.39, 0.29) is 17.3 Å². The van der Waals surface area contributed by atoms with E-state index in [4.69, 9.17) is 21.4 Å². The molecular weight excluding hydrogens is 441 g/mol. The molecule has 2 aliphatic rings. The molecular formula is C27H35ClFNO3. The standard InChI is InChI=1S/C17H24FNO.C10H11ClO2/c1-11-8-15-13(9-16(11)18)6-7-20-17(15,3)10-14-5-4-12(2)19-14;1-7(10(12)13)6-8-4-2-3-5-9(8)11/h8-9,12,14,19H,4-7,10H2,1-3H3;2-5,7H,6H2,1H3,(H,12,13). The van der Waals surface area contributed by atoms with Gasteiger partial charge in [0, 0.05) is 17.1 Å². The van der Waals surface area contributed by atoms with Crippen molar-refractivity contribution in [3.8, 4) is 0 Å². The summed E-state index contributed by atoms with van der Waals surface area (Å²) in [6.07, 6.45) is 4.70. The number of nitrogens with one attached hydrogen (secondary N) is 1. The maximum Gasteiger partial charge on any atom is 0.306 e. The first-order valence-electron chi connectivity index (χ1n) is 11.7. The number of fused-ring (bicyclic) bond motifs is 1. The molecule has 1 fully saturated rings. The van der Waals surface area contributed by atoms with Crippen LogP contribution in [0.1, 0.15) is 62.3 Å². The average Bonchev–Trinajstić information content (AvgIpc) is 3.16. The van der Waals surface area contributed by atoms with E-state index < -0.39 is 5.97 Å². The number of carbonyl (C=O) groups is 1. The lowest BCUT2D eigenvalue weighted by atomic mass is 9.82. The number of aliphatic carboxylic acids is 1. The normalized spacial score (nSPS) is 25.0. The third kappa shape index (κ3) is 6.56. The Morgan fingerprint density at radius 3 is 2.70 bits per heavy atom. The number of halogens is 2. The van der Waals surface area contributed by atoms with Crippen molar-refractivity contribution < 1.29 is 19.0 Å². The molecule has 180 valence electrons. The Hall–Kier alpha value is -1.95. The lowest BCUT2D eigenvalue weighted by Crippen LogP contribution is -2.40. The summed E-state index contributed by atoms with van der Waals surface area (Å²) in [4.78, 5) is 10.6. The van der Waals surface area contributed by atoms with Crippen LogP contribution in [0.3, 0.4) is 0 Å². The van der Waals surface area contributed by atoms with Gasteiger partial charge in [-0.1, -0.05) is 42.8 Å². The molecule has 33 heavy (non-hydrogen) atoms. The third-order valence-electron chi connectivity index (χ3n) is 6.76. The van der Waals surface area contributed by atoms with E-state index in [0.29, 0.717) is 35.7 Å². The summed E-state index contributed by atoms with van der Waals surface area (Å²) in [7, 11) is 0. The molecule has 2 heterocycles. The third-order valence-corrected chi connectivity index (χ3v) is 7.12. The minimum atomic E-state index is -0.792. The molecule has 0 amide bonds. The van der Waals surface area contributed by atoms with E-state index >= 15 is 0 Å². The molecule has 0 aromatic heterocycles. The number of carboxylic acids is 1. The lowest BCUT2D eigenvalue weighted by molar-refractivity contribution is -0.141. The van der Waals surface area contributed by atoms with Gasteiger partial charge in [-0.25, -0.2) is 4.39 Å². The van der Waals surface area contributed by atoms with E-state index in [9.17, 15) is 9.18 Å². The van der Waals surface area contributed by atoms with Gasteiger partial charge in [0.15, 0.2) is 0 Å². The predicted octanol–water partition coefficient (Wildman–Crippen LogP) is 6.06. The highest BCUT2D eigenvalue weighted by molar-refractivity contribution is 6.31. The summed E-state index contributed by atoms with van der Waals surface area (Å²) < 4.78 is 19.9. The number of rotatable bonds is 5. The predicted molar refractivity (Wildman–Crippen MR) is 130 cm³/mol. The summed E-state index contributed by atoms with van der Waals surface area (Å²) in [6.45, 7) is 8.59. The number of hydrogen-bond acceptors (Lipinski definition) is 3. The summed E-state index contributed by atoms with van der Waals surface area (Å²) >= 11 is 5.88. The first kappa shape index (κ1) is 25.7. The fourth-order valence-electron chi connectivity index (χ4n) is 4.79. The topological polar surface area (TPSA) is 58.6 Å². The molecule has 0 radical (unpaired) electrons. The number of aryl methyl sites for hydroxylation is 1. The Morgan fingerprint density at radius 1 is 1.33 bits per heavy atom. The second-order valence-corrected chi connectivity index (χ2v) is 10.1. The molecule has 2 aromatic carbocycles. The molecule has 0 bridgehead atoms. The highest BCUT2D eigenvalue weighted by atomic mass is 35.5. The van der Waals surface area contributed by atoms with Crippen LogP contribution in [-0.2, 0) is 28.0 Å². The van der Waals surface area contributed by atoms with Gasteiger partial charge in [0.05, 0.1) is 18.1 Å². The summed E-state index contributed by atoms with van der Waals surface area (Å²) in [5, 5.41) is 13.0. The van der Waals surface area contributed by atoms with Crippen LogP contribution in [0.25, 0.3) is 0 Å². The maximum atomic E-state index is 13.8. The van der Waals surface area contributed by atoms with Crippen LogP contribution in [0, 0.1) is 18.7 Å². The molecule has 2 N–H and O–H groups in total. The van der Waals surface area contributed by atoms with Gasteiger partial charge in [-0.3, -0.25) is 4.79 Å². The first-order valence-corrected chi connectivity index (χ1v) is 12.1. The second kappa shape index (κ2) is 11.0. The molecule has 0 aliphatic carbocycles. The SMILES string of the molecule is CC(Cc1ccccc1Cl)C(=O)O.Cc1cc2c(cc1F)CCOC2(C)CC1CCC(C)N1. The molecule has 0 spiro atoms. The number of ether oxygens (including phenoxy) is 1. The van der Waals surface area contributed by atoms with Gasteiger partial charge in [-0.2, -0.15) is 0 Å². The summed E-state index contributed by atoms with van der Waals surface area (Å²) in [5.41, 5.74) is 3.62. The van der Waals surface area contributed by atoms with Gasteiger partial charge in [0.25, 0.3) is 0 Å². The Labute approximate surface area is 201 Å². The smallest absolute Gasteiger partial charge is 0.306 e. The summed E-state index contributed by atoms with van der Waals surface area (Å²) in [6, 6.07) is 12.1. The number of benzene rings is 2. The molecule has 4 atom stereocenters. The number of hydrogen-bond donors (Lipinski definition) is 2. The monoisotopic (exact) mass is 475 g/mol. The van der Waals surface area contributed by atoms with Gasteiger partial charge in [-0.05, 0) is 87.3 Å². The molecule has 4 unspecified atom stereocenters. The van der Waals surface area contributed by atoms with Gasteiger partial charge < -0.3 is 15.2 Å². The quantitative estimate of drug-likeness (QED) is 0.552. The zero-order valence-electron chi connectivity index (χ0n) is 20.0. The largest absolute Gasteiger partial charge is 0.481 e. The maximum absolute atomic E-state index is 13.8. The second-order valence-electron chi connectivity index (χ2n) is 9.67. The average molecular weight is 476 g/mol. The van der Waals surface area contributed by atoms with Crippen LogP contribution < -0.4 is 5.32 Å². The van der Waals surface area contributed by atoms with E-state index in [1.54, 1.807) is 19.1 Å². The van der Waals surface area contributed by atoms with E-state index in [0.717, 1.165) is 24.0 Å². The van der Waals surface area contributed by atoms with Gasteiger partial charge >= 0.3 is 5.97 Å². The van der Waals surface area contributed by atoms with Crippen LogP contribution in [0.15, 0.2) is 36.4 Å². The molecule has 2 aliphatic heterocycles. The van der Waals surface area contributed by atoms with Gasteiger partial charge in [0.1, 0.15) is 5.82 Å². The van der Waals surface area contributed by atoms with E-state index in [1.807, 2.05) is 31.2 Å². The Bertz CT molecular complexity index is 982. The van der Waals surface area contributed by atoms with Crippen molar-refractivity contribution in [3.05, 3.63) is 69.5 Å². The molecule has 6 heteroatoms. The van der Waals surface area contributed by atoms with Crippen molar-refractivity contribution in [1.29, 1.82) is 0 Å². The van der Waals surface area contributed by atoms with Crippen LogP contribution in [0.2, 0.25) is 5.02 Å². The van der Waals surface area contributed by atoms with Crippen molar-refractivity contribution in [1.82, 2.24) is 5.32 Å². The summed E-state index contributed by atoms with van der Waals surface area (Å²) in [5.74, 6) is -1.28. The van der Waals surface area contributed by atoms with Gasteiger partial charge in [-0.15, -0.1) is 0 Å². The van der Waals surface area contributed by atoms with Crippen LogP contribution in [-0.4, -0.2) is 29.8 Å².